The minimum Gasteiger partial charge on any atom is -0.374 e. The molecule has 0 aromatic heterocycles. The summed E-state index contributed by atoms with van der Waals surface area (Å²) in [6.45, 7) is 1.63. The number of rotatable bonds is 6. The van der Waals surface area contributed by atoms with E-state index in [-0.39, 0.29) is 25.6 Å². The maximum absolute atomic E-state index is 12.1. The highest BCUT2D eigenvalue weighted by molar-refractivity contribution is 5.96. The fraction of sp³-hybridized carbons (Fsp3) is 0.400. The Hall–Kier alpha value is -1.97. The Labute approximate surface area is 122 Å². The van der Waals surface area contributed by atoms with E-state index in [1.54, 1.807) is 12.1 Å². The van der Waals surface area contributed by atoms with E-state index in [0.29, 0.717) is 11.1 Å². The molecule has 0 aliphatic carbocycles. The highest BCUT2D eigenvalue weighted by Crippen LogP contribution is 2.10. The first kappa shape index (κ1) is 17.1. The van der Waals surface area contributed by atoms with Gasteiger partial charge in [0.05, 0.1) is 18.7 Å². The van der Waals surface area contributed by atoms with Gasteiger partial charge < -0.3 is 15.8 Å². The molecular weight excluding hydrogens is 278 g/mol. The van der Waals surface area contributed by atoms with Gasteiger partial charge in [0.1, 0.15) is 6.61 Å². The number of amides is 1. The summed E-state index contributed by atoms with van der Waals surface area (Å²) < 4.78 is 28.4. The molecule has 0 atom stereocenters. The number of nitrogens with one attached hydrogen (secondary N) is 1. The van der Waals surface area contributed by atoms with Gasteiger partial charge in [-0.15, -0.1) is 0 Å². The molecule has 6 heteroatoms. The number of aryl methyl sites for hydroxylation is 1. The number of halogens is 2. The molecule has 0 bridgehead atoms. The van der Waals surface area contributed by atoms with E-state index in [0.717, 1.165) is 5.56 Å². The molecule has 0 radical (unpaired) electrons. The van der Waals surface area contributed by atoms with Crippen LogP contribution in [0.3, 0.4) is 0 Å². The van der Waals surface area contributed by atoms with Crippen LogP contribution in [0.4, 0.5) is 8.78 Å². The van der Waals surface area contributed by atoms with Crippen LogP contribution < -0.4 is 11.1 Å². The zero-order valence-corrected chi connectivity index (χ0v) is 11.8. The van der Waals surface area contributed by atoms with Crippen molar-refractivity contribution in [3.05, 3.63) is 34.9 Å². The minimum absolute atomic E-state index is 0.0334. The van der Waals surface area contributed by atoms with Crippen molar-refractivity contribution in [1.29, 1.82) is 0 Å². The Kier molecular flexibility index (Phi) is 7.37. The fourth-order valence-electron chi connectivity index (χ4n) is 1.61. The number of benzene rings is 1. The number of hydrogen-bond acceptors (Lipinski definition) is 3. The van der Waals surface area contributed by atoms with Gasteiger partial charge >= 0.3 is 0 Å². The van der Waals surface area contributed by atoms with Gasteiger partial charge in [-0.2, -0.15) is 0 Å². The summed E-state index contributed by atoms with van der Waals surface area (Å²) in [5.41, 5.74) is 7.26. The topological polar surface area (TPSA) is 64.4 Å². The fourth-order valence-corrected chi connectivity index (χ4v) is 1.61. The number of carbonyl (C=O) groups is 1. The molecule has 4 nitrogen and oxygen atoms in total. The summed E-state index contributed by atoms with van der Waals surface area (Å²) in [6, 6.07) is 5.32. The largest absolute Gasteiger partial charge is 0.374 e. The third-order valence-corrected chi connectivity index (χ3v) is 2.52. The van der Waals surface area contributed by atoms with Crippen LogP contribution in [-0.4, -0.2) is 38.6 Å². The van der Waals surface area contributed by atoms with E-state index in [1.807, 2.05) is 13.0 Å². The maximum Gasteiger partial charge on any atom is 0.261 e. The molecule has 0 saturated carbocycles. The summed E-state index contributed by atoms with van der Waals surface area (Å²) in [6.07, 6.45) is -2.50. The van der Waals surface area contributed by atoms with Crippen molar-refractivity contribution in [2.24, 2.45) is 5.73 Å². The normalized spacial score (nSPS) is 10.1. The van der Waals surface area contributed by atoms with Gasteiger partial charge in [0.15, 0.2) is 0 Å². The van der Waals surface area contributed by atoms with Crippen LogP contribution in [0.1, 0.15) is 21.5 Å². The second-order valence-corrected chi connectivity index (χ2v) is 4.28. The number of hydrogen-bond donors (Lipinski definition) is 2. The van der Waals surface area contributed by atoms with Gasteiger partial charge in [-0.3, -0.25) is 4.79 Å². The second-order valence-electron chi connectivity index (χ2n) is 4.28. The molecule has 0 spiro atoms. The number of alkyl halides is 2. The highest BCUT2D eigenvalue weighted by atomic mass is 19.3. The van der Waals surface area contributed by atoms with Crippen molar-refractivity contribution >= 4 is 5.91 Å². The summed E-state index contributed by atoms with van der Waals surface area (Å²) in [5.74, 6) is 5.21. The zero-order valence-electron chi connectivity index (χ0n) is 11.8. The SMILES string of the molecule is Cc1ccc(C#CCN)c(C(=O)NCCOCC(F)F)c1. The van der Waals surface area contributed by atoms with Gasteiger partial charge in [0, 0.05) is 12.1 Å². The number of nitrogens with two attached hydrogens (primary N) is 1. The first-order valence-corrected chi connectivity index (χ1v) is 6.48. The van der Waals surface area contributed by atoms with Crippen molar-refractivity contribution in [2.75, 3.05) is 26.3 Å². The quantitative estimate of drug-likeness (QED) is 0.614. The molecule has 114 valence electrons. The van der Waals surface area contributed by atoms with Crippen LogP contribution in [0.5, 0.6) is 0 Å². The number of carbonyl (C=O) groups excluding carboxylic acids is 1. The lowest BCUT2D eigenvalue weighted by Gasteiger charge is -2.08. The maximum atomic E-state index is 12.1. The lowest BCUT2D eigenvalue weighted by atomic mass is 10.0. The van der Waals surface area contributed by atoms with Gasteiger partial charge in [0.25, 0.3) is 12.3 Å². The standard InChI is InChI=1S/C15H18F2N2O2/c1-11-4-5-12(3-2-6-18)13(9-11)15(20)19-7-8-21-10-14(16)17/h4-5,9,14H,6-8,10,18H2,1H3,(H,19,20). The van der Waals surface area contributed by atoms with E-state index < -0.39 is 13.0 Å². The smallest absolute Gasteiger partial charge is 0.261 e. The Morgan fingerprint density at radius 2 is 2.24 bits per heavy atom. The zero-order chi connectivity index (χ0) is 15.7. The predicted molar refractivity (Wildman–Crippen MR) is 76.3 cm³/mol. The van der Waals surface area contributed by atoms with Crippen LogP contribution in [0.15, 0.2) is 18.2 Å². The summed E-state index contributed by atoms with van der Waals surface area (Å²) in [4.78, 5) is 12.1. The molecule has 1 rings (SSSR count). The van der Waals surface area contributed by atoms with Crippen LogP contribution >= 0.6 is 0 Å². The Balaban J connectivity index is 2.62. The molecule has 1 amide bonds. The summed E-state index contributed by atoms with van der Waals surface area (Å²) in [7, 11) is 0. The molecule has 21 heavy (non-hydrogen) atoms. The summed E-state index contributed by atoms with van der Waals surface area (Å²) >= 11 is 0. The molecule has 0 unspecified atom stereocenters. The van der Waals surface area contributed by atoms with Crippen LogP contribution in [0.2, 0.25) is 0 Å². The molecule has 0 fully saturated rings. The first-order chi connectivity index (χ1) is 10.0. The van der Waals surface area contributed by atoms with Crippen molar-refractivity contribution < 1.29 is 18.3 Å². The van der Waals surface area contributed by atoms with Crippen molar-refractivity contribution in [3.8, 4) is 11.8 Å². The van der Waals surface area contributed by atoms with Crippen LogP contribution in [-0.2, 0) is 4.74 Å². The third kappa shape index (κ3) is 6.34. The Morgan fingerprint density at radius 3 is 2.90 bits per heavy atom. The van der Waals surface area contributed by atoms with E-state index in [9.17, 15) is 13.6 Å². The highest BCUT2D eigenvalue weighted by Gasteiger charge is 2.10. The summed E-state index contributed by atoms with van der Waals surface area (Å²) in [5, 5.41) is 2.61. The lowest BCUT2D eigenvalue weighted by molar-refractivity contribution is 0.0188. The van der Waals surface area contributed by atoms with E-state index in [2.05, 4.69) is 17.2 Å². The molecule has 0 aliphatic heterocycles. The Bertz CT molecular complexity index is 536. The average molecular weight is 296 g/mol. The van der Waals surface area contributed by atoms with Crippen molar-refractivity contribution in [2.45, 2.75) is 13.3 Å². The van der Waals surface area contributed by atoms with Crippen molar-refractivity contribution in [3.63, 3.8) is 0 Å². The Morgan fingerprint density at radius 1 is 1.48 bits per heavy atom. The van der Waals surface area contributed by atoms with Crippen LogP contribution in [0.25, 0.3) is 0 Å². The lowest BCUT2D eigenvalue weighted by Crippen LogP contribution is -2.28. The van der Waals surface area contributed by atoms with E-state index in [1.165, 1.54) is 0 Å². The van der Waals surface area contributed by atoms with Gasteiger partial charge in [-0.05, 0) is 19.1 Å². The second kappa shape index (κ2) is 9.06. The van der Waals surface area contributed by atoms with Crippen molar-refractivity contribution in [1.82, 2.24) is 5.32 Å². The average Bonchev–Trinajstić information content (AvgIpc) is 2.45. The van der Waals surface area contributed by atoms with E-state index >= 15 is 0 Å². The molecule has 0 saturated heterocycles. The molecule has 0 heterocycles. The molecule has 1 aromatic rings. The first-order valence-electron chi connectivity index (χ1n) is 6.48. The molecule has 0 aliphatic rings. The molecular formula is C15H18F2N2O2. The monoisotopic (exact) mass is 296 g/mol. The predicted octanol–water partition coefficient (Wildman–Crippen LogP) is 1.32. The van der Waals surface area contributed by atoms with Crippen LogP contribution in [0, 0.1) is 18.8 Å². The van der Waals surface area contributed by atoms with Gasteiger partial charge in [-0.1, -0.05) is 23.5 Å². The third-order valence-electron chi connectivity index (χ3n) is 2.52. The van der Waals surface area contributed by atoms with E-state index in [4.69, 9.17) is 10.5 Å². The van der Waals surface area contributed by atoms with Gasteiger partial charge in [-0.25, -0.2) is 8.78 Å². The molecule has 3 N–H and O–H groups in total. The number of ether oxygens (including phenoxy) is 1. The minimum atomic E-state index is -2.50. The molecule has 1 aromatic carbocycles. The van der Waals surface area contributed by atoms with Gasteiger partial charge in [0.2, 0.25) is 0 Å².